The fraction of sp³-hybridized carbons (Fsp3) is 0.308. The topological polar surface area (TPSA) is 57.9 Å². The van der Waals surface area contributed by atoms with E-state index >= 15 is 0 Å². The first-order chi connectivity index (χ1) is 16.4. The number of carbonyl (C=O) groups is 1. The van der Waals surface area contributed by atoms with Crippen LogP contribution < -0.4 is 10.5 Å². The van der Waals surface area contributed by atoms with Gasteiger partial charge in [0, 0.05) is 18.8 Å². The summed E-state index contributed by atoms with van der Waals surface area (Å²) < 4.78 is 2.04. The molecular weight excluding hydrogens is 464 g/mol. The van der Waals surface area contributed by atoms with Crippen molar-refractivity contribution in [2.45, 2.75) is 45.7 Å². The lowest BCUT2D eigenvalue weighted by Crippen LogP contribution is -2.40. The quantitative estimate of drug-likeness (QED) is 0.387. The average Bonchev–Trinajstić information content (AvgIpc) is 3.10. The number of hydrogen-bond acceptors (Lipinski definition) is 6. The molecule has 0 aliphatic carbocycles. The number of amides is 1. The van der Waals surface area contributed by atoms with Crippen molar-refractivity contribution in [1.82, 2.24) is 14.3 Å². The second-order valence-electron chi connectivity index (χ2n) is 8.87. The summed E-state index contributed by atoms with van der Waals surface area (Å²) in [5.74, 6) is 0.470. The van der Waals surface area contributed by atoms with Gasteiger partial charge >= 0.3 is 0 Å². The van der Waals surface area contributed by atoms with E-state index in [0.717, 1.165) is 36.9 Å². The van der Waals surface area contributed by atoms with Crippen molar-refractivity contribution in [2.75, 3.05) is 11.4 Å². The minimum atomic E-state index is -0.179. The van der Waals surface area contributed by atoms with Gasteiger partial charge in [-0.25, -0.2) is 4.98 Å². The molecule has 2 aliphatic heterocycles. The monoisotopic (exact) mass is 490 g/mol. The standard InChI is InChI=1S/C26H26N4O2S2/c1-17-9-11-19(12-10-17)16-30-25(32)21(34-26(30)33)15-20-23(28-13-5-3-7-18(28)2)27-22-8-4-6-14-29(22)24(20)31/h4,6,8-12,14-15,18H,3,5,7,13,16H2,1-2H3/b21-15+. The number of nitrogens with zero attached hydrogens (tertiary/aromatic N) is 4. The smallest absolute Gasteiger partial charge is 0.267 e. The highest BCUT2D eigenvalue weighted by Gasteiger charge is 2.33. The van der Waals surface area contributed by atoms with Crippen LogP contribution >= 0.6 is 24.0 Å². The molecule has 2 saturated heterocycles. The fourth-order valence-electron chi connectivity index (χ4n) is 4.49. The molecule has 5 rings (SSSR count). The van der Waals surface area contributed by atoms with Crippen molar-refractivity contribution in [3.63, 3.8) is 0 Å². The van der Waals surface area contributed by atoms with Crippen LogP contribution in [0.4, 0.5) is 5.82 Å². The highest BCUT2D eigenvalue weighted by molar-refractivity contribution is 8.26. The van der Waals surface area contributed by atoms with Crippen LogP contribution in [-0.2, 0) is 11.3 Å². The Hall–Kier alpha value is -2.97. The molecule has 3 aromatic rings. The van der Waals surface area contributed by atoms with Gasteiger partial charge in [0.1, 0.15) is 15.8 Å². The maximum atomic E-state index is 13.6. The highest BCUT2D eigenvalue weighted by Crippen LogP contribution is 2.35. The summed E-state index contributed by atoms with van der Waals surface area (Å²) in [4.78, 5) is 36.0. The fourth-order valence-corrected chi connectivity index (χ4v) is 5.73. The van der Waals surface area contributed by atoms with Crippen LogP contribution in [0.5, 0.6) is 0 Å². The summed E-state index contributed by atoms with van der Waals surface area (Å²) in [5.41, 5.74) is 3.04. The molecule has 1 amide bonds. The zero-order valence-electron chi connectivity index (χ0n) is 19.2. The molecule has 0 spiro atoms. The molecule has 1 unspecified atom stereocenters. The molecule has 2 fully saturated rings. The number of piperidine rings is 1. The van der Waals surface area contributed by atoms with E-state index in [4.69, 9.17) is 17.2 Å². The van der Waals surface area contributed by atoms with Gasteiger partial charge in [0.15, 0.2) is 0 Å². The number of thiocarbonyl (C=S) groups is 1. The lowest BCUT2D eigenvalue weighted by Gasteiger charge is -2.35. The Morgan fingerprint density at radius 1 is 1.15 bits per heavy atom. The molecule has 174 valence electrons. The summed E-state index contributed by atoms with van der Waals surface area (Å²) >= 11 is 6.78. The number of benzene rings is 1. The maximum Gasteiger partial charge on any atom is 0.267 e. The Morgan fingerprint density at radius 3 is 2.71 bits per heavy atom. The summed E-state index contributed by atoms with van der Waals surface area (Å²) in [6.07, 6.45) is 6.68. The summed E-state index contributed by atoms with van der Waals surface area (Å²) in [6, 6.07) is 13.9. The number of anilines is 1. The Morgan fingerprint density at radius 2 is 1.94 bits per heavy atom. The molecule has 6 nitrogen and oxygen atoms in total. The van der Waals surface area contributed by atoms with Crippen LogP contribution in [0.25, 0.3) is 11.7 Å². The van der Waals surface area contributed by atoms with Crippen LogP contribution in [0, 0.1) is 6.92 Å². The van der Waals surface area contributed by atoms with Crippen molar-refractivity contribution in [2.24, 2.45) is 0 Å². The number of fused-ring (bicyclic) bond motifs is 1. The van der Waals surface area contributed by atoms with Crippen molar-refractivity contribution < 1.29 is 4.79 Å². The molecule has 0 bridgehead atoms. The van der Waals surface area contributed by atoms with Gasteiger partial charge in [-0.1, -0.05) is 59.9 Å². The first kappa shape index (κ1) is 22.8. The number of thioether (sulfide) groups is 1. The number of carbonyl (C=O) groups excluding carboxylic acids is 1. The van der Waals surface area contributed by atoms with Gasteiger partial charge in [-0.05, 0) is 56.9 Å². The molecule has 0 radical (unpaired) electrons. The van der Waals surface area contributed by atoms with Crippen LogP contribution in [0.15, 0.2) is 58.4 Å². The van der Waals surface area contributed by atoms with E-state index in [1.54, 1.807) is 17.2 Å². The van der Waals surface area contributed by atoms with E-state index in [-0.39, 0.29) is 17.5 Å². The first-order valence-electron chi connectivity index (χ1n) is 11.5. The Balaban J connectivity index is 1.56. The number of pyridine rings is 1. The van der Waals surface area contributed by atoms with Gasteiger partial charge in [0.2, 0.25) is 0 Å². The normalized spacial score (nSPS) is 20.1. The van der Waals surface area contributed by atoms with Crippen LogP contribution in [0.3, 0.4) is 0 Å². The minimum Gasteiger partial charge on any atom is -0.353 e. The van der Waals surface area contributed by atoms with Crippen LogP contribution in [0.2, 0.25) is 0 Å². The van der Waals surface area contributed by atoms with E-state index < -0.39 is 0 Å². The molecular formula is C26H26N4O2S2. The molecule has 4 heterocycles. The van der Waals surface area contributed by atoms with E-state index in [1.807, 2.05) is 49.4 Å². The Bertz CT molecular complexity index is 1360. The van der Waals surface area contributed by atoms with E-state index in [9.17, 15) is 9.59 Å². The van der Waals surface area contributed by atoms with Gasteiger partial charge in [-0.2, -0.15) is 0 Å². The molecule has 0 saturated carbocycles. The molecule has 1 atom stereocenters. The number of aromatic nitrogens is 2. The summed E-state index contributed by atoms with van der Waals surface area (Å²) in [6.45, 7) is 5.45. The van der Waals surface area contributed by atoms with E-state index in [2.05, 4.69) is 11.8 Å². The molecule has 8 heteroatoms. The van der Waals surface area contributed by atoms with Gasteiger partial charge < -0.3 is 4.90 Å². The Kier molecular flexibility index (Phi) is 6.27. The Labute approximate surface area is 208 Å². The third kappa shape index (κ3) is 4.28. The lowest BCUT2D eigenvalue weighted by atomic mass is 10.0. The maximum absolute atomic E-state index is 13.6. The summed E-state index contributed by atoms with van der Waals surface area (Å²) in [5, 5.41) is 0. The van der Waals surface area contributed by atoms with Crippen molar-refractivity contribution >= 4 is 51.7 Å². The zero-order valence-corrected chi connectivity index (χ0v) is 20.9. The van der Waals surface area contributed by atoms with Crippen molar-refractivity contribution in [1.29, 1.82) is 0 Å². The van der Waals surface area contributed by atoms with Crippen LogP contribution in [0.1, 0.15) is 42.9 Å². The zero-order chi connectivity index (χ0) is 23.8. The third-order valence-electron chi connectivity index (χ3n) is 6.43. The van der Waals surface area contributed by atoms with Crippen molar-refractivity contribution in [3.05, 3.63) is 80.6 Å². The lowest BCUT2D eigenvalue weighted by molar-refractivity contribution is -0.122. The predicted molar refractivity (Wildman–Crippen MR) is 142 cm³/mol. The van der Waals surface area contributed by atoms with E-state index in [1.165, 1.54) is 16.2 Å². The van der Waals surface area contributed by atoms with E-state index in [0.29, 0.717) is 32.8 Å². The predicted octanol–water partition coefficient (Wildman–Crippen LogP) is 4.78. The van der Waals surface area contributed by atoms with Crippen molar-refractivity contribution in [3.8, 4) is 0 Å². The SMILES string of the molecule is Cc1ccc(CN2C(=O)/C(=C\c3c(N4CCCCC4C)nc4ccccn4c3=O)SC2=S)cc1. The number of aryl methyl sites for hydroxylation is 1. The largest absolute Gasteiger partial charge is 0.353 e. The molecule has 34 heavy (non-hydrogen) atoms. The minimum absolute atomic E-state index is 0.175. The second kappa shape index (κ2) is 9.35. The molecule has 1 aromatic carbocycles. The van der Waals surface area contributed by atoms with Gasteiger partial charge in [0.25, 0.3) is 11.5 Å². The molecule has 2 aliphatic rings. The van der Waals surface area contributed by atoms with Gasteiger partial charge in [-0.3, -0.25) is 18.9 Å². The van der Waals surface area contributed by atoms with Gasteiger partial charge in [-0.15, -0.1) is 0 Å². The number of rotatable bonds is 4. The molecule has 0 N–H and O–H groups in total. The molecule has 2 aromatic heterocycles. The average molecular weight is 491 g/mol. The summed E-state index contributed by atoms with van der Waals surface area (Å²) in [7, 11) is 0. The van der Waals surface area contributed by atoms with Gasteiger partial charge in [0.05, 0.1) is 17.0 Å². The first-order valence-corrected chi connectivity index (χ1v) is 12.7. The third-order valence-corrected chi connectivity index (χ3v) is 7.81. The number of hydrogen-bond donors (Lipinski definition) is 0. The second-order valence-corrected chi connectivity index (χ2v) is 10.6. The van der Waals surface area contributed by atoms with Crippen LogP contribution in [-0.4, -0.2) is 37.1 Å². The highest BCUT2D eigenvalue weighted by atomic mass is 32.2.